The van der Waals surface area contributed by atoms with Crippen LogP contribution in [0.5, 0.6) is 5.75 Å². The van der Waals surface area contributed by atoms with Crippen LogP contribution in [0.2, 0.25) is 0 Å². The van der Waals surface area contributed by atoms with E-state index in [9.17, 15) is 9.59 Å². The van der Waals surface area contributed by atoms with Crippen LogP contribution in [0.15, 0.2) is 85.1 Å². The number of hydrogen-bond acceptors (Lipinski definition) is 5. The fourth-order valence-electron chi connectivity index (χ4n) is 2.99. The summed E-state index contributed by atoms with van der Waals surface area (Å²) in [6, 6.07) is 22.6. The van der Waals surface area contributed by atoms with E-state index in [0.29, 0.717) is 18.9 Å². The van der Waals surface area contributed by atoms with Crippen molar-refractivity contribution < 1.29 is 19.1 Å². The predicted molar refractivity (Wildman–Crippen MR) is 123 cm³/mol. The Balaban J connectivity index is 1.46. The molecule has 6 heteroatoms. The third-order valence-electron chi connectivity index (χ3n) is 4.68. The molecule has 6 nitrogen and oxygen atoms in total. The molecule has 1 unspecified atom stereocenters. The third kappa shape index (κ3) is 7.09. The van der Waals surface area contributed by atoms with Crippen LogP contribution in [0.4, 0.5) is 0 Å². The van der Waals surface area contributed by atoms with E-state index in [1.54, 1.807) is 31.1 Å². The first-order valence-corrected chi connectivity index (χ1v) is 10.3. The van der Waals surface area contributed by atoms with Gasteiger partial charge < -0.3 is 14.4 Å². The highest BCUT2D eigenvalue weighted by atomic mass is 16.5. The van der Waals surface area contributed by atoms with E-state index >= 15 is 0 Å². The Morgan fingerprint density at radius 3 is 2.41 bits per heavy atom. The van der Waals surface area contributed by atoms with Crippen LogP contribution < -0.4 is 4.74 Å². The Morgan fingerprint density at radius 2 is 1.72 bits per heavy atom. The molecule has 164 valence electrons. The molecule has 1 heterocycles. The van der Waals surface area contributed by atoms with Crippen molar-refractivity contribution in [1.29, 1.82) is 0 Å². The molecule has 0 saturated carbocycles. The van der Waals surface area contributed by atoms with Crippen LogP contribution in [0.3, 0.4) is 0 Å². The zero-order valence-corrected chi connectivity index (χ0v) is 18.2. The van der Waals surface area contributed by atoms with Gasteiger partial charge in [-0.05, 0) is 48.4 Å². The van der Waals surface area contributed by atoms with Crippen molar-refractivity contribution in [3.8, 4) is 5.75 Å². The largest absolute Gasteiger partial charge is 0.487 e. The molecule has 3 aromatic rings. The lowest BCUT2D eigenvalue weighted by atomic mass is 10.2. The van der Waals surface area contributed by atoms with E-state index in [2.05, 4.69) is 4.98 Å². The molecule has 0 bridgehead atoms. The average molecular weight is 431 g/mol. The van der Waals surface area contributed by atoms with Crippen LogP contribution >= 0.6 is 0 Å². The first-order valence-electron chi connectivity index (χ1n) is 10.3. The Labute approximate surface area is 188 Å². The van der Waals surface area contributed by atoms with E-state index < -0.39 is 12.1 Å². The highest BCUT2D eigenvalue weighted by Crippen LogP contribution is 2.15. The normalized spacial score (nSPS) is 11.7. The number of aromatic nitrogens is 1. The van der Waals surface area contributed by atoms with E-state index in [1.165, 1.54) is 6.08 Å². The van der Waals surface area contributed by atoms with Gasteiger partial charge in [-0.25, -0.2) is 4.79 Å². The average Bonchev–Trinajstić information content (AvgIpc) is 2.83. The van der Waals surface area contributed by atoms with E-state index in [0.717, 1.165) is 16.8 Å². The van der Waals surface area contributed by atoms with E-state index in [-0.39, 0.29) is 5.91 Å². The lowest BCUT2D eigenvalue weighted by molar-refractivity contribution is -0.154. The molecule has 1 aromatic heterocycles. The molecule has 32 heavy (non-hydrogen) atoms. The first kappa shape index (κ1) is 22.7. The second kappa shape index (κ2) is 11.5. The number of likely N-dealkylation sites (N-methyl/N-ethyl adjacent to an activating group) is 1. The number of carbonyl (C=O) groups excluding carboxylic acids is 2. The number of rotatable bonds is 9. The smallest absolute Gasteiger partial charge is 0.331 e. The minimum Gasteiger partial charge on any atom is -0.487 e. The van der Waals surface area contributed by atoms with Gasteiger partial charge in [-0.3, -0.25) is 9.78 Å². The first-order chi connectivity index (χ1) is 15.5. The Bertz CT molecular complexity index is 1030. The van der Waals surface area contributed by atoms with Crippen LogP contribution in [-0.2, 0) is 27.5 Å². The van der Waals surface area contributed by atoms with Crippen molar-refractivity contribution in [3.63, 3.8) is 0 Å². The molecule has 1 amide bonds. The predicted octanol–water partition coefficient (Wildman–Crippen LogP) is 4.26. The summed E-state index contributed by atoms with van der Waals surface area (Å²) in [5.74, 6) is -0.129. The van der Waals surface area contributed by atoms with Gasteiger partial charge in [0.2, 0.25) is 0 Å². The molecular weight excluding hydrogens is 404 g/mol. The van der Waals surface area contributed by atoms with Crippen molar-refractivity contribution in [3.05, 3.63) is 102 Å². The molecule has 0 aliphatic heterocycles. The second-order valence-electron chi connectivity index (χ2n) is 7.27. The van der Waals surface area contributed by atoms with Crippen molar-refractivity contribution in [2.24, 2.45) is 0 Å². The zero-order valence-electron chi connectivity index (χ0n) is 18.2. The minimum absolute atomic E-state index is 0.259. The molecule has 0 N–H and O–H groups in total. The fourth-order valence-corrected chi connectivity index (χ4v) is 2.99. The summed E-state index contributed by atoms with van der Waals surface area (Å²) in [6.45, 7) is 2.41. The summed E-state index contributed by atoms with van der Waals surface area (Å²) in [4.78, 5) is 30.3. The molecule has 0 spiro atoms. The lowest BCUT2D eigenvalue weighted by Gasteiger charge is -2.21. The van der Waals surface area contributed by atoms with Crippen molar-refractivity contribution in [1.82, 2.24) is 9.88 Å². The minimum atomic E-state index is -0.872. The number of hydrogen-bond donors (Lipinski definition) is 0. The van der Waals surface area contributed by atoms with Gasteiger partial charge in [0.25, 0.3) is 5.91 Å². The quantitative estimate of drug-likeness (QED) is 0.375. The molecule has 3 rings (SSSR count). The highest BCUT2D eigenvalue weighted by Gasteiger charge is 2.20. The fraction of sp³-hybridized carbons (Fsp3) is 0.192. The van der Waals surface area contributed by atoms with Gasteiger partial charge in [-0.1, -0.05) is 48.5 Å². The van der Waals surface area contributed by atoms with Crippen LogP contribution in [0.1, 0.15) is 23.7 Å². The summed E-state index contributed by atoms with van der Waals surface area (Å²) in [5, 5.41) is 0. The monoisotopic (exact) mass is 430 g/mol. The van der Waals surface area contributed by atoms with Gasteiger partial charge in [0.15, 0.2) is 6.10 Å². The van der Waals surface area contributed by atoms with Crippen molar-refractivity contribution >= 4 is 18.0 Å². The van der Waals surface area contributed by atoms with E-state index in [4.69, 9.17) is 9.47 Å². The number of carbonyl (C=O) groups is 2. The maximum atomic E-state index is 12.5. The highest BCUT2D eigenvalue weighted by molar-refractivity contribution is 5.90. The maximum Gasteiger partial charge on any atom is 0.331 e. The van der Waals surface area contributed by atoms with Gasteiger partial charge in [-0.2, -0.15) is 0 Å². The van der Waals surface area contributed by atoms with Crippen molar-refractivity contribution in [2.45, 2.75) is 26.2 Å². The molecule has 2 aromatic carbocycles. The SMILES string of the molecule is CC(OC(=O)/C=C/c1ccc(OCc2ccccn2)cc1)C(=O)N(C)Cc1ccccc1. The van der Waals surface area contributed by atoms with Gasteiger partial charge in [-0.15, -0.1) is 0 Å². The zero-order chi connectivity index (χ0) is 22.8. The molecule has 0 saturated heterocycles. The topological polar surface area (TPSA) is 68.7 Å². The Hall–Kier alpha value is -3.93. The summed E-state index contributed by atoms with van der Waals surface area (Å²) in [5.41, 5.74) is 2.67. The number of amides is 1. The molecule has 0 fully saturated rings. The van der Waals surface area contributed by atoms with Gasteiger partial charge in [0, 0.05) is 25.9 Å². The Kier molecular flexibility index (Phi) is 8.15. The molecule has 0 aliphatic rings. The molecule has 0 aliphatic carbocycles. The molecule has 0 radical (unpaired) electrons. The summed E-state index contributed by atoms with van der Waals surface area (Å²) >= 11 is 0. The summed E-state index contributed by atoms with van der Waals surface area (Å²) < 4.78 is 11.0. The van der Waals surface area contributed by atoms with Crippen molar-refractivity contribution in [2.75, 3.05) is 7.05 Å². The van der Waals surface area contributed by atoms with Gasteiger partial charge in [0.05, 0.1) is 5.69 Å². The van der Waals surface area contributed by atoms with Crippen LogP contribution in [0, 0.1) is 0 Å². The van der Waals surface area contributed by atoms with Gasteiger partial charge >= 0.3 is 5.97 Å². The molecule has 1 atom stereocenters. The standard InChI is InChI=1S/C26H26N2O4/c1-20(26(30)28(2)18-22-8-4-3-5-9-22)32-25(29)16-13-21-11-14-24(15-12-21)31-19-23-10-6-7-17-27-23/h3-17,20H,18-19H2,1-2H3/b16-13+. The molecular formula is C26H26N2O4. The summed E-state index contributed by atoms with van der Waals surface area (Å²) in [7, 11) is 1.69. The third-order valence-corrected chi connectivity index (χ3v) is 4.68. The van der Waals surface area contributed by atoms with Crippen LogP contribution in [-0.4, -0.2) is 34.9 Å². The van der Waals surface area contributed by atoms with E-state index in [1.807, 2.05) is 72.8 Å². The number of benzene rings is 2. The van der Waals surface area contributed by atoms with Crippen LogP contribution in [0.25, 0.3) is 6.08 Å². The number of esters is 1. The number of ether oxygens (including phenoxy) is 2. The number of nitrogens with zero attached hydrogens (tertiary/aromatic N) is 2. The number of pyridine rings is 1. The maximum absolute atomic E-state index is 12.5. The lowest BCUT2D eigenvalue weighted by Crippen LogP contribution is -2.36. The van der Waals surface area contributed by atoms with Gasteiger partial charge in [0.1, 0.15) is 12.4 Å². The Morgan fingerprint density at radius 1 is 1.00 bits per heavy atom. The summed E-state index contributed by atoms with van der Waals surface area (Å²) in [6.07, 6.45) is 3.80. The second-order valence-corrected chi connectivity index (χ2v) is 7.27.